The average molecular weight is 213 g/mol. The quantitative estimate of drug-likeness (QED) is 0.465. The molecule has 16 heavy (non-hydrogen) atoms. The Morgan fingerprint density at radius 1 is 1.44 bits per heavy atom. The van der Waals surface area contributed by atoms with Crippen LogP contribution in [-0.4, -0.2) is 4.98 Å². The average Bonchev–Trinajstić information content (AvgIpc) is 2.35. The summed E-state index contributed by atoms with van der Waals surface area (Å²) in [7, 11) is 0. The van der Waals surface area contributed by atoms with Crippen LogP contribution in [0.25, 0.3) is 10.9 Å². The van der Waals surface area contributed by atoms with Crippen LogP contribution in [0.1, 0.15) is 18.0 Å². The molecule has 82 valence electrons. The minimum Gasteiger partial charge on any atom is -0.271 e. The molecule has 3 N–H and O–H groups in total. The summed E-state index contributed by atoms with van der Waals surface area (Å²) >= 11 is 0. The Balaban J connectivity index is 2.41. The second-order valence-corrected chi connectivity index (χ2v) is 3.70. The van der Waals surface area contributed by atoms with Crippen molar-refractivity contribution in [1.82, 2.24) is 10.4 Å². The first-order valence-electron chi connectivity index (χ1n) is 5.27. The van der Waals surface area contributed by atoms with Crippen molar-refractivity contribution < 1.29 is 0 Å². The largest absolute Gasteiger partial charge is 0.271 e. The number of nitrogens with two attached hydrogens (primary N) is 1. The van der Waals surface area contributed by atoms with Crippen molar-refractivity contribution in [1.29, 1.82) is 0 Å². The lowest BCUT2D eigenvalue weighted by Gasteiger charge is -2.14. The molecule has 0 amide bonds. The Bertz CT molecular complexity index is 493. The number of rotatable bonds is 4. The number of nitrogens with one attached hydrogen (secondary N) is 1. The molecule has 1 unspecified atom stereocenters. The highest BCUT2D eigenvalue weighted by molar-refractivity contribution is 5.78. The van der Waals surface area contributed by atoms with Gasteiger partial charge in [-0.3, -0.25) is 16.3 Å². The predicted octanol–water partition coefficient (Wildman–Crippen LogP) is 2.32. The molecule has 0 spiro atoms. The van der Waals surface area contributed by atoms with Gasteiger partial charge in [-0.05, 0) is 24.1 Å². The number of hydrazine groups is 1. The smallest absolute Gasteiger partial charge is 0.0705 e. The zero-order valence-electron chi connectivity index (χ0n) is 9.06. The zero-order valence-corrected chi connectivity index (χ0v) is 9.06. The summed E-state index contributed by atoms with van der Waals surface area (Å²) in [5, 5.41) is 1.14. The van der Waals surface area contributed by atoms with Crippen LogP contribution >= 0.6 is 0 Å². The molecule has 0 aliphatic heterocycles. The Hall–Kier alpha value is -1.71. The molecule has 2 aromatic rings. The van der Waals surface area contributed by atoms with Gasteiger partial charge in [0.1, 0.15) is 0 Å². The van der Waals surface area contributed by atoms with Crippen LogP contribution in [0.5, 0.6) is 0 Å². The summed E-state index contributed by atoms with van der Waals surface area (Å²) in [6.45, 7) is 3.73. The van der Waals surface area contributed by atoms with E-state index in [4.69, 9.17) is 5.84 Å². The molecule has 1 atom stereocenters. The molecule has 0 saturated heterocycles. The molecule has 3 nitrogen and oxygen atoms in total. The highest BCUT2D eigenvalue weighted by atomic mass is 15.2. The molecule has 1 aromatic heterocycles. The van der Waals surface area contributed by atoms with E-state index in [9.17, 15) is 0 Å². The fourth-order valence-electron chi connectivity index (χ4n) is 1.77. The summed E-state index contributed by atoms with van der Waals surface area (Å²) in [5.74, 6) is 5.52. The van der Waals surface area contributed by atoms with Gasteiger partial charge in [0.25, 0.3) is 0 Å². The van der Waals surface area contributed by atoms with Crippen LogP contribution in [-0.2, 0) is 0 Å². The molecule has 0 saturated carbocycles. The van der Waals surface area contributed by atoms with E-state index in [-0.39, 0.29) is 6.04 Å². The predicted molar refractivity (Wildman–Crippen MR) is 66.6 cm³/mol. The van der Waals surface area contributed by atoms with Crippen LogP contribution in [0, 0.1) is 0 Å². The molecule has 1 aromatic carbocycles. The van der Waals surface area contributed by atoms with Gasteiger partial charge in [-0.2, -0.15) is 0 Å². The van der Waals surface area contributed by atoms with E-state index in [1.165, 1.54) is 0 Å². The van der Waals surface area contributed by atoms with E-state index in [2.05, 4.69) is 35.2 Å². The fraction of sp³-hybridized carbons (Fsp3) is 0.154. The van der Waals surface area contributed by atoms with Gasteiger partial charge in [-0.1, -0.05) is 24.3 Å². The maximum atomic E-state index is 5.52. The molecule has 1 heterocycles. The molecule has 0 bridgehead atoms. The SMILES string of the molecule is C=CCC(NN)c1ccc2cccnc2c1. The number of hydrogen-bond donors (Lipinski definition) is 2. The van der Waals surface area contributed by atoms with E-state index >= 15 is 0 Å². The minimum atomic E-state index is 0.101. The van der Waals surface area contributed by atoms with Crippen molar-refractivity contribution in [3.63, 3.8) is 0 Å². The van der Waals surface area contributed by atoms with Gasteiger partial charge >= 0.3 is 0 Å². The zero-order chi connectivity index (χ0) is 11.4. The maximum Gasteiger partial charge on any atom is 0.0705 e. The van der Waals surface area contributed by atoms with Crippen molar-refractivity contribution >= 4 is 10.9 Å². The molecule has 3 heteroatoms. The van der Waals surface area contributed by atoms with E-state index in [1.54, 1.807) is 6.20 Å². The Morgan fingerprint density at radius 3 is 3.06 bits per heavy atom. The van der Waals surface area contributed by atoms with Crippen molar-refractivity contribution in [3.8, 4) is 0 Å². The monoisotopic (exact) mass is 213 g/mol. The van der Waals surface area contributed by atoms with Crippen molar-refractivity contribution in [2.75, 3.05) is 0 Å². The number of fused-ring (bicyclic) bond motifs is 1. The third kappa shape index (κ3) is 2.10. The van der Waals surface area contributed by atoms with Gasteiger partial charge in [-0.15, -0.1) is 6.58 Å². The topological polar surface area (TPSA) is 50.9 Å². The Kier molecular flexibility index (Phi) is 3.29. The van der Waals surface area contributed by atoms with Crippen LogP contribution in [0.4, 0.5) is 0 Å². The minimum absolute atomic E-state index is 0.101. The van der Waals surface area contributed by atoms with E-state index in [1.807, 2.05) is 18.2 Å². The molecular formula is C13H15N3. The first-order chi connectivity index (χ1) is 7.85. The molecular weight excluding hydrogens is 198 g/mol. The lowest BCUT2D eigenvalue weighted by atomic mass is 10.0. The second-order valence-electron chi connectivity index (χ2n) is 3.70. The summed E-state index contributed by atoms with van der Waals surface area (Å²) in [6.07, 6.45) is 4.45. The number of nitrogens with zero attached hydrogens (tertiary/aromatic N) is 1. The maximum absolute atomic E-state index is 5.52. The van der Waals surface area contributed by atoms with Crippen molar-refractivity contribution in [3.05, 3.63) is 54.7 Å². The van der Waals surface area contributed by atoms with E-state index in [0.717, 1.165) is 22.9 Å². The standard InChI is InChI=1S/C13H15N3/c1-2-4-12(16-14)11-7-6-10-5-3-8-15-13(10)9-11/h2-3,5-9,12,16H,1,4,14H2. The Labute approximate surface area is 95.0 Å². The normalized spacial score (nSPS) is 12.6. The number of hydrogen-bond acceptors (Lipinski definition) is 3. The summed E-state index contributed by atoms with van der Waals surface area (Å²) in [6, 6.07) is 10.3. The second kappa shape index (κ2) is 4.88. The third-order valence-electron chi connectivity index (χ3n) is 2.64. The molecule has 0 radical (unpaired) electrons. The van der Waals surface area contributed by atoms with Crippen molar-refractivity contribution in [2.45, 2.75) is 12.5 Å². The first kappa shape index (κ1) is 10.8. The van der Waals surface area contributed by atoms with Gasteiger partial charge < -0.3 is 0 Å². The summed E-state index contributed by atoms with van der Waals surface area (Å²) < 4.78 is 0. The van der Waals surface area contributed by atoms with Crippen LogP contribution < -0.4 is 11.3 Å². The highest BCUT2D eigenvalue weighted by Crippen LogP contribution is 2.20. The van der Waals surface area contributed by atoms with Crippen LogP contribution in [0.15, 0.2) is 49.2 Å². The van der Waals surface area contributed by atoms with E-state index in [0.29, 0.717) is 0 Å². The molecule has 0 aliphatic rings. The van der Waals surface area contributed by atoms with Crippen LogP contribution in [0.2, 0.25) is 0 Å². The number of pyridine rings is 1. The van der Waals surface area contributed by atoms with Gasteiger partial charge in [0.2, 0.25) is 0 Å². The van der Waals surface area contributed by atoms with Crippen LogP contribution in [0.3, 0.4) is 0 Å². The fourth-order valence-corrected chi connectivity index (χ4v) is 1.77. The first-order valence-corrected chi connectivity index (χ1v) is 5.27. The van der Waals surface area contributed by atoms with Gasteiger partial charge in [-0.25, -0.2) is 0 Å². The summed E-state index contributed by atoms with van der Waals surface area (Å²) in [5.41, 5.74) is 4.91. The van der Waals surface area contributed by atoms with E-state index < -0.39 is 0 Å². The lowest BCUT2D eigenvalue weighted by Crippen LogP contribution is -2.27. The summed E-state index contributed by atoms with van der Waals surface area (Å²) in [4.78, 5) is 4.32. The molecule has 0 fully saturated rings. The van der Waals surface area contributed by atoms with Gasteiger partial charge in [0, 0.05) is 17.6 Å². The number of benzene rings is 1. The van der Waals surface area contributed by atoms with Crippen molar-refractivity contribution in [2.24, 2.45) is 5.84 Å². The number of aromatic nitrogens is 1. The highest BCUT2D eigenvalue weighted by Gasteiger charge is 2.07. The molecule has 0 aliphatic carbocycles. The molecule has 2 rings (SSSR count). The van der Waals surface area contributed by atoms with Gasteiger partial charge in [0.05, 0.1) is 5.52 Å². The third-order valence-corrected chi connectivity index (χ3v) is 2.64. The Morgan fingerprint density at radius 2 is 2.31 bits per heavy atom. The lowest BCUT2D eigenvalue weighted by molar-refractivity contribution is 0.562. The van der Waals surface area contributed by atoms with Gasteiger partial charge in [0.15, 0.2) is 0 Å².